The van der Waals surface area contributed by atoms with E-state index in [4.69, 9.17) is 0 Å². The second-order valence-electron chi connectivity index (χ2n) is 2.88. The third-order valence-corrected chi connectivity index (χ3v) is 3.78. The number of thiophene rings is 1. The normalized spacial score (nSPS) is 24.2. The van der Waals surface area contributed by atoms with E-state index in [1.807, 2.05) is 0 Å². The molecule has 0 aliphatic carbocycles. The minimum Gasteiger partial charge on any atom is -0.314 e. The molecule has 2 nitrogen and oxygen atoms in total. The van der Waals surface area contributed by atoms with E-state index >= 15 is 0 Å². The van der Waals surface area contributed by atoms with E-state index in [1.54, 1.807) is 11.3 Å². The summed E-state index contributed by atoms with van der Waals surface area (Å²) < 4.78 is 1.19. The fourth-order valence-electron chi connectivity index (χ4n) is 1.37. The molecule has 66 valence electrons. The van der Waals surface area contributed by atoms with Crippen molar-refractivity contribution in [2.24, 2.45) is 0 Å². The molecule has 1 aliphatic heterocycles. The molecule has 1 atom stereocenters. The first-order valence-electron chi connectivity index (χ1n) is 4.04. The number of rotatable bonds is 1. The van der Waals surface area contributed by atoms with Gasteiger partial charge in [0.25, 0.3) is 0 Å². The van der Waals surface area contributed by atoms with Crippen molar-refractivity contribution < 1.29 is 0 Å². The van der Waals surface area contributed by atoms with Crippen LogP contribution in [0.4, 0.5) is 0 Å². The number of piperazine rings is 1. The lowest BCUT2D eigenvalue weighted by molar-refractivity contribution is 0.435. The minimum absolute atomic E-state index is 0.509. The van der Waals surface area contributed by atoms with Crippen molar-refractivity contribution in [3.8, 4) is 0 Å². The molecule has 0 aromatic carbocycles. The molecule has 0 amide bonds. The molecule has 1 unspecified atom stereocenters. The van der Waals surface area contributed by atoms with Gasteiger partial charge in [-0.3, -0.25) is 0 Å². The molecule has 1 aliphatic rings. The van der Waals surface area contributed by atoms with E-state index in [1.165, 1.54) is 9.35 Å². The van der Waals surface area contributed by atoms with E-state index in [0.717, 1.165) is 19.6 Å². The average molecular weight is 247 g/mol. The highest BCUT2D eigenvalue weighted by atomic mass is 79.9. The Hall–Kier alpha value is 0.1000. The van der Waals surface area contributed by atoms with Gasteiger partial charge in [0.05, 0.1) is 6.04 Å². The smallest absolute Gasteiger partial charge is 0.0542 e. The van der Waals surface area contributed by atoms with Crippen LogP contribution in [0.25, 0.3) is 0 Å². The molecule has 0 radical (unpaired) electrons. The van der Waals surface area contributed by atoms with E-state index in [9.17, 15) is 0 Å². The maximum atomic E-state index is 3.48. The van der Waals surface area contributed by atoms with Gasteiger partial charge in [-0.05, 0) is 22.0 Å². The summed E-state index contributed by atoms with van der Waals surface area (Å²) in [5.74, 6) is 0. The third-order valence-electron chi connectivity index (χ3n) is 1.97. The van der Waals surface area contributed by atoms with Crippen LogP contribution in [0.15, 0.2) is 15.9 Å². The van der Waals surface area contributed by atoms with Crippen LogP contribution in [0.2, 0.25) is 0 Å². The quantitative estimate of drug-likeness (QED) is 0.790. The lowest BCUT2D eigenvalue weighted by Gasteiger charge is -2.23. The Morgan fingerprint density at radius 3 is 3.00 bits per heavy atom. The maximum Gasteiger partial charge on any atom is 0.0542 e. The van der Waals surface area contributed by atoms with Crippen molar-refractivity contribution in [1.82, 2.24) is 10.6 Å². The van der Waals surface area contributed by atoms with Crippen molar-refractivity contribution in [2.45, 2.75) is 6.04 Å². The second-order valence-corrected chi connectivity index (χ2v) is 4.74. The van der Waals surface area contributed by atoms with Crippen LogP contribution < -0.4 is 10.6 Å². The summed E-state index contributed by atoms with van der Waals surface area (Å²) in [7, 11) is 0. The maximum absolute atomic E-state index is 3.48. The van der Waals surface area contributed by atoms with Crippen molar-refractivity contribution in [2.75, 3.05) is 19.6 Å². The first-order valence-corrected chi connectivity index (χ1v) is 5.71. The third kappa shape index (κ3) is 1.88. The number of hydrogen-bond acceptors (Lipinski definition) is 3. The van der Waals surface area contributed by atoms with Crippen molar-refractivity contribution in [3.63, 3.8) is 0 Å². The summed E-state index contributed by atoms with van der Waals surface area (Å²) in [6.07, 6.45) is 0. The zero-order valence-electron chi connectivity index (χ0n) is 6.64. The van der Waals surface area contributed by atoms with Crippen LogP contribution in [0.3, 0.4) is 0 Å². The zero-order valence-corrected chi connectivity index (χ0v) is 9.04. The molecule has 0 spiro atoms. The predicted molar refractivity (Wildman–Crippen MR) is 55.6 cm³/mol. The lowest BCUT2D eigenvalue weighted by Crippen LogP contribution is -2.42. The second kappa shape index (κ2) is 3.87. The monoisotopic (exact) mass is 246 g/mol. The highest BCUT2D eigenvalue weighted by Crippen LogP contribution is 2.25. The molecule has 2 N–H and O–H groups in total. The average Bonchev–Trinajstić information content (AvgIpc) is 2.54. The van der Waals surface area contributed by atoms with Crippen LogP contribution in [0, 0.1) is 0 Å². The van der Waals surface area contributed by atoms with E-state index in [2.05, 4.69) is 38.0 Å². The highest BCUT2D eigenvalue weighted by Gasteiger charge is 2.15. The van der Waals surface area contributed by atoms with E-state index in [-0.39, 0.29) is 0 Å². The van der Waals surface area contributed by atoms with Crippen LogP contribution in [-0.4, -0.2) is 19.6 Å². The van der Waals surface area contributed by atoms with Crippen molar-refractivity contribution in [1.29, 1.82) is 0 Å². The molecule has 1 aromatic rings. The Kier molecular flexibility index (Phi) is 2.80. The van der Waals surface area contributed by atoms with Gasteiger partial charge in [0.15, 0.2) is 0 Å². The van der Waals surface area contributed by atoms with E-state index < -0.39 is 0 Å². The van der Waals surface area contributed by atoms with Crippen LogP contribution in [0.5, 0.6) is 0 Å². The standard InChI is InChI=1S/C8H11BrN2S/c9-6-3-8(12-5-6)7-4-10-1-2-11-7/h3,5,7,10-11H,1-2,4H2. The largest absolute Gasteiger partial charge is 0.314 e. The molecule has 2 heterocycles. The van der Waals surface area contributed by atoms with Gasteiger partial charge in [-0.25, -0.2) is 0 Å². The molecule has 2 rings (SSSR count). The van der Waals surface area contributed by atoms with Crippen LogP contribution >= 0.6 is 27.3 Å². The van der Waals surface area contributed by atoms with Gasteiger partial charge >= 0.3 is 0 Å². The molecular weight excluding hydrogens is 236 g/mol. The molecule has 1 aromatic heterocycles. The summed E-state index contributed by atoms with van der Waals surface area (Å²) in [6, 6.07) is 2.70. The molecule has 0 saturated carbocycles. The predicted octanol–water partition coefficient (Wildman–Crippen LogP) is 1.74. The number of nitrogens with one attached hydrogen (secondary N) is 2. The van der Waals surface area contributed by atoms with Gasteiger partial charge in [-0.2, -0.15) is 0 Å². The fraction of sp³-hybridized carbons (Fsp3) is 0.500. The van der Waals surface area contributed by atoms with Gasteiger partial charge in [-0.15, -0.1) is 11.3 Å². The van der Waals surface area contributed by atoms with Crippen LogP contribution in [-0.2, 0) is 0 Å². The fourth-order valence-corrected chi connectivity index (χ4v) is 2.89. The Morgan fingerprint density at radius 1 is 1.50 bits per heavy atom. The molecule has 1 fully saturated rings. The molecule has 4 heteroatoms. The van der Waals surface area contributed by atoms with Crippen molar-refractivity contribution in [3.05, 3.63) is 20.8 Å². The topological polar surface area (TPSA) is 24.1 Å². The Labute approximate surface area is 84.5 Å². The molecule has 1 saturated heterocycles. The summed E-state index contributed by atoms with van der Waals surface area (Å²) in [5.41, 5.74) is 0. The Bertz CT molecular complexity index is 255. The SMILES string of the molecule is Brc1csc(C2CNCCN2)c1. The van der Waals surface area contributed by atoms with Crippen LogP contribution in [0.1, 0.15) is 10.9 Å². The lowest BCUT2D eigenvalue weighted by atomic mass is 10.2. The van der Waals surface area contributed by atoms with Gasteiger partial charge in [-0.1, -0.05) is 0 Å². The molecule has 0 bridgehead atoms. The molecule has 12 heavy (non-hydrogen) atoms. The minimum atomic E-state index is 0.509. The summed E-state index contributed by atoms with van der Waals surface area (Å²) in [4.78, 5) is 1.41. The van der Waals surface area contributed by atoms with Gasteiger partial charge < -0.3 is 10.6 Å². The highest BCUT2D eigenvalue weighted by molar-refractivity contribution is 9.10. The zero-order chi connectivity index (χ0) is 8.39. The van der Waals surface area contributed by atoms with Crippen molar-refractivity contribution >= 4 is 27.3 Å². The first-order chi connectivity index (χ1) is 5.86. The number of halogens is 1. The summed E-state index contributed by atoms with van der Waals surface area (Å²) in [6.45, 7) is 3.20. The Balaban J connectivity index is 2.08. The summed E-state index contributed by atoms with van der Waals surface area (Å²) in [5, 5.41) is 8.98. The van der Waals surface area contributed by atoms with Gasteiger partial charge in [0, 0.05) is 34.4 Å². The van der Waals surface area contributed by atoms with Gasteiger partial charge in [0.1, 0.15) is 0 Å². The molecular formula is C8H11BrN2S. The number of hydrogen-bond donors (Lipinski definition) is 2. The first kappa shape index (κ1) is 8.69. The Morgan fingerprint density at radius 2 is 2.42 bits per heavy atom. The van der Waals surface area contributed by atoms with Gasteiger partial charge in [0.2, 0.25) is 0 Å². The van der Waals surface area contributed by atoms with E-state index in [0.29, 0.717) is 6.04 Å². The summed E-state index contributed by atoms with van der Waals surface area (Å²) >= 11 is 5.27.